The first-order valence-corrected chi connectivity index (χ1v) is 7.22. The molecule has 2 heterocycles. The second-order valence-electron chi connectivity index (χ2n) is 5.23. The van der Waals surface area contributed by atoms with Crippen LogP contribution < -0.4 is 4.90 Å². The van der Waals surface area contributed by atoms with Gasteiger partial charge in [0.1, 0.15) is 0 Å². The van der Waals surface area contributed by atoms with Crippen LogP contribution in [0.1, 0.15) is 26.0 Å². The van der Waals surface area contributed by atoms with Crippen LogP contribution in [-0.2, 0) is 16.0 Å². The van der Waals surface area contributed by atoms with Crippen LogP contribution in [0.15, 0.2) is 5.38 Å². The summed E-state index contributed by atoms with van der Waals surface area (Å²) in [6.45, 7) is 6.70. The molecule has 1 saturated heterocycles. The van der Waals surface area contributed by atoms with E-state index in [9.17, 15) is 4.79 Å². The Morgan fingerprint density at radius 3 is 2.78 bits per heavy atom. The molecule has 1 fully saturated rings. The number of hydrogen-bond acceptors (Lipinski definition) is 5. The second kappa shape index (κ2) is 5.69. The fourth-order valence-electron chi connectivity index (χ4n) is 2.56. The van der Waals surface area contributed by atoms with Gasteiger partial charge in [0.2, 0.25) is 0 Å². The van der Waals surface area contributed by atoms with E-state index in [0.717, 1.165) is 23.9 Å². The van der Waals surface area contributed by atoms with E-state index in [1.54, 1.807) is 11.3 Å². The third-order valence-electron chi connectivity index (χ3n) is 3.23. The highest BCUT2D eigenvalue weighted by atomic mass is 32.1. The molecule has 0 radical (unpaired) electrons. The van der Waals surface area contributed by atoms with Crippen molar-refractivity contribution in [2.45, 2.75) is 26.7 Å². The van der Waals surface area contributed by atoms with E-state index in [1.165, 1.54) is 13.5 Å². The second-order valence-corrected chi connectivity index (χ2v) is 6.06. The fourth-order valence-corrected chi connectivity index (χ4v) is 3.41. The average molecular weight is 268 g/mol. The van der Waals surface area contributed by atoms with E-state index < -0.39 is 0 Å². The lowest BCUT2D eigenvalue weighted by Gasteiger charge is -2.34. The number of aromatic nitrogens is 1. The zero-order valence-corrected chi connectivity index (χ0v) is 12.0. The zero-order chi connectivity index (χ0) is 13.1. The van der Waals surface area contributed by atoms with E-state index in [2.05, 4.69) is 28.5 Å². The molecule has 1 aromatic heterocycles. The van der Waals surface area contributed by atoms with Crippen molar-refractivity contribution < 1.29 is 9.53 Å². The first-order chi connectivity index (χ1) is 8.58. The van der Waals surface area contributed by atoms with Crippen LogP contribution in [0.25, 0.3) is 0 Å². The third kappa shape index (κ3) is 3.22. The van der Waals surface area contributed by atoms with E-state index in [1.807, 2.05) is 5.38 Å². The molecule has 0 aliphatic carbocycles. The van der Waals surface area contributed by atoms with Gasteiger partial charge in [-0.3, -0.25) is 4.79 Å². The maximum Gasteiger partial charge on any atom is 0.311 e. The van der Waals surface area contributed by atoms with Crippen LogP contribution >= 0.6 is 11.3 Å². The maximum absolute atomic E-state index is 11.2. The number of carbonyl (C=O) groups is 1. The molecule has 1 aliphatic heterocycles. The quantitative estimate of drug-likeness (QED) is 0.789. The smallest absolute Gasteiger partial charge is 0.311 e. The topological polar surface area (TPSA) is 42.4 Å². The normalized spacial score (nSPS) is 24.1. The van der Waals surface area contributed by atoms with E-state index >= 15 is 0 Å². The van der Waals surface area contributed by atoms with Gasteiger partial charge in [0.05, 0.1) is 19.2 Å². The molecule has 18 heavy (non-hydrogen) atoms. The molecule has 1 aromatic rings. The van der Waals surface area contributed by atoms with Gasteiger partial charge >= 0.3 is 5.97 Å². The molecule has 0 amide bonds. The Labute approximate surface area is 112 Å². The standard InChI is InChI=1S/C13H20N2O2S/c1-9-4-10(2)7-15(6-9)13-14-11(8-18-13)5-12(16)17-3/h8-10H,4-7H2,1-3H3. The molecule has 0 bridgehead atoms. The minimum atomic E-state index is -0.229. The lowest BCUT2D eigenvalue weighted by atomic mass is 9.92. The SMILES string of the molecule is COC(=O)Cc1csc(N2CC(C)CC(C)C2)n1. The average Bonchev–Trinajstić information content (AvgIpc) is 2.76. The summed E-state index contributed by atoms with van der Waals surface area (Å²) < 4.78 is 4.66. The number of nitrogens with zero attached hydrogens (tertiary/aromatic N) is 2. The van der Waals surface area contributed by atoms with E-state index in [-0.39, 0.29) is 12.4 Å². The highest BCUT2D eigenvalue weighted by Gasteiger charge is 2.23. The van der Waals surface area contributed by atoms with Crippen molar-refractivity contribution in [3.8, 4) is 0 Å². The summed E-state index contributed by atoms with van der Waals surface area (Å²) in [4.78, 5) is 18.1. The summed E-state index contributed by atoms with van der Waals surface area (Å²) in [7, 11) is 1.41. The Hall–Kier alpha value is -1.10. The van der Waals surface area contributed by atoms with Crippen molar-refractivity contribution in [1.82, 2.24) is 4.98 Å². The molecule has 1 aliphatic rings. The number of thiazole rings is 1. The van der Waals surface area contributed by atoms with Gasteiger partial charge in [0.25, 0.3) is 0 Å². The Bertz CT molecular complexity index is 409. The van der Waals surface area contributed by atoms with Gasteiger partial charge in [-0.1, -0.05) is 13.8 Å². The molecule has 100 valence electrons. The molecule has 2 unspecified atom stereocenters. The van der Waals surface area contributed by atoms with Crippen LogP contribution in [-0.4, -0.2) is 31.2 Å². The van der Waals surface area contributed by atoms with Crippen molar-refractivity contribution in [3.63, 3.8) is 0 Å². The third-order valence-corrected chi connectivity index (χ3v) is 4.18. The van der Waals surface area contributed by atoms with Gasteiger partial charge in [0, 0.05) is 18.5 Å². The van der Waals surface area contributed by atoms with Crippen LogP contribution in [0.5, 0.6) is 0 Å². The molecule has 0 aromatic carbocycles. The molecule has 2 atom stereocenters. The number of carbonyl (C=O) groups excluding carboxylic acids is 1. The molecule has 4 nitrogen and oxygen atoms in total. The molecule has 2 rings (SSSR count). The fraction of sp³-hybridized carbons (Fsp3) is 0.692. The largest absolute Gasteiger partial charge is 0.469 e. The number of hydrogen-bond donors (Lipinski definition) is 0. The van der Waals surface area contributed by atoms with Crippen LogP contribution in [0, 0.1) is 11.8 Å². The van der Waals surface area contributed by atoms with Gasteiger partial charge in [0.15, 0.2) is 5.13 Å². The lowest BCUT2D eigenvalue weighted by Crippen LogP contribution is -2.38. The number of anilines is 1. The molecule has 5 heteroatoms. The van der Waals surface area contributed by atoms with Crippen molar-refractivity contribution in [2.75, 3.05) is 25.1 Å². The number of esters is 1. The summed E-state index contributed by atoms with van der Waals surface area (Å²) >= 11 is 1.62. The zero-order valence-electron chi connectivity index (χ0n) is 11.2. The molecule has 0 saturated carbocycles. The van der Waals surface area contributed by atoms with Gasteiger partial charge in [-0.15, -0.1) is 11.3 Å². The number of methoxy groups -OCH3 is 1. The predicted molar refractivity (Wildman–Crippen MR) is 73.0 cm³/mol. The van der Waals surface area contributed by atoms with Crippen molar-refractivity contribution in [2.24, 2.45) is 11.8 Å². The Morgan fingerprint density at radius 1 is 1.50 bits per heavy atom. The first-order valence-electron chi connectivity index (χ1n) is 6.34. The number of rotatable bonds is 3. The molecular weight excluding hydrogens is 248 g/mol. The Kier molecular flexibility index (Phi) is 4.22. The van der Waals surface area contributed by atoms with E-state index in [4.69, 9.17) is 0 Å². The van der Waals surface area contributed by atoms with Crippen LogP contribution in [0.3, 0.4) is 0 Å². The van der Waals surface area contributed by atoms with Gasteiger partial charge in [-0.05, 0) is 18.3 Å². The molecule has 0 spiro atoms. The summed E-state index contributed by atoms with van der Waals surface area (Å²) in [5.74, 6) is 1.19. The van der Waals surface area contributed by atoms with E-state index in [0.29, 0.717) is 11.8 Å². The van der Waals surface area contributed by atoms with Gasteiger partial charge in [-0.25, -0.2) is 4.98 Å². The molecule has 0 N–H and O–H groups in total. The Balaban J connectivity index is 2.02. The maximum atomic E-state index is 11.2. The first kappa shape index (κ1) is 13.3. The van der Waals surface area contributed by atoms with Gasteiger partial charge < -0.3 is 9.64 Å². The lowest BCUT2D eigenvalue weighted by molar-refractivity contribution is -0.139. The summed E-state index contributed by atoms with van der Waals surface area (Å²) in [6.07, 6.45) is 1.56. The Morgan fingerprint density at radius 2 is 2.17 bits per heavy atom. The number of ether oxygens (including phenoxy) is 1. The minimum absolute atomic E-state index is 0.229. The highest BCUT2D eigenvalue weighted by Crippen LogP contribution is 2.28. The predicted octanol–water partition coefficient (Wildman–Crippen LogP) is 2.34. The van der Waals surface area contributed by atoms with Crippen LogP contribution in [0.2, 0.25) is 0 Å². The van der Waals surface area contributed by atoms with Crippen molar-refractivity contribution in [3.05, 3.63) is 11.1 Å². The van der Waals surface area contributed by atoms with Crippen molar-refractivity contribution in [1.29, 1.82) is 0 Å². The minimum Gasteiger partial charge on any atom is -0.469 e. The molecular formula is C13H20N2O2S. The highest BCUT2D eigenvalue weighted by molar-refractivity contribution is 7.13. The van der Waals surface area contributed by atoms with Crippen LogP contribution in [0.4, 0.5) is 5.13 Å². The van der Waals surface area contributed by atoms with Crippen molar-refractivity contribution >= 4 is 22.4 Å². The summed E-state index contributed by atoms with van der Waals surface area (Å²) in [6, 6.07) is 0. The monoisotopic (exact) mass is 268 g/mol. The summed E-state index contributed by atoms with van der Waals surface area (Å²) in [5, 5.41) is 2.99. The number of piperidine rings is 1. The summed E-state index contributed by atoms with van der Waals surface area (Å²) in [5.41, 5.74) is 0.813. The van der Waals surface area contributed by atoms with Gasteiger partial charge in [-0.2, -0.15) is 0 Å².